The van der Waals surface area contributed by atoms with Gasteiger partial charge < -0.3 is 4.79 Å². The van der Waals surface area contributed by atoms with E-state index in [1.807, 2.05) is 0 Å². The molecule has 0 spiro atoms. The van der Waals surface area contributed by atoms with Crippen LogP contribution in [0.4, 0.5) is 0 Å². The molecule has 0 fully saturated rings. The van der Waals surface area contributed by atoms with Gasteiger partial charge in [-0.2, -0.15) is 0 Å². The summed E-state index contributed by atoms with van der Waals surface area (Å²) in [4.78, 5) is 29.0. The summed E-state index contributed by atoms with van der Waals surface area (Å²) >= 11 is 0. The van der Waals surface area contributed by atoms with Crippen molar-refractivity contribution in [2.75, 3.05) is 0 Å². The Morgan fingerprint density at radius 3 is 0.818 bits per heavy atom. The van der Waals surface area contributed by atoms with Crippen LogP contribution < -0.4 is 0 Å². The van der Waals surface area contributed by atoms with E-state index in [0.29, 0.717) is 0 Å². The van der Waals surface area contributed by atoms with E-state index in [0.717, 1.165) is 0 Å². The minimum absolute atomic E-state index is 0. The molecule has 0 unspecified atom stereocenters. The molecule has 0 aliphatic carbocycles. The first-order valence-electron chi connectivity index (χ1n) is 2.86. The van der Waals surface area contributed by atoms with Gasteiger partial charge in [0.15, 0.2) is 11.6 Å². The standard InChI is InChI=1S/C4H6O2.C3H6O.Cu/c1-3(5)4(2)6;1-3(2)4;/h1-2H3;1-2H3;. The van der Waals surface area contributed by atoms with Crippen molar-refractivity contribution >= 4 is 17.3 Å². The molecule has 0 aromatic heterocycles. The number of hydrogen-bond donors (Lipinski definition) is 0. The van der Waals surface area contributed by atoms with E-state index in [1.165, 1.54) is 27.7 Å². The maximum absolute atomic E-state index is 9.79. The minimum atomic E-state index is -0.380. The van der Waals surface area contributed by atoms with Gasteiger partial charge in [0.05, 0.1) is 0 Å². The van der Waals surface area contributed by atoms with Crippen molar-refractivity contribution in [3.63, 3.8) is 0 Å². The Labute approximate surface area is 77.0 Å². The van der Waals surface area contributed by atoms with Crippen molar-refractivity contribution in [2.45, 2.75) is 27.7 Å². The molecule has 0 aliphatic rings. The third-order valence-electron chi connectivity index (χ3n) is 0.496. The number of carbonyl (C=O) groups is 3. The molecule has 0 aromatic carbocycles. The van der Waals surface area contributed by atoms with E-state index in [-0.39, 0.29) is 34.4 Å². The first kappa shape index (κ1) is 16.9. The second kappa shape index (κ2) is 9.53. The van der Waals surface area contributed by atoms with Gasteiger partial charge in [-0.1, -0.05) is 0 Å². The van der Waals surface area contributed by atoms with E-state index in [4.69, 9.17) is 0 Å². The van der Waals surface area contributed by atoms with Gasteiger partial charge in [-0.15, -0.1) is 0 Å². The van der Waals surface area contributed by atoms with Gasteiger partial charge in [0.2, 0.25) is 0 Å². The van der Waals surface area contributed by atoms with Gasteiger partial charge >= 0.3 is 0 Å². The Kier molecular flexibility index (Phi) is 14.6. The molecule has 0 heterocycles. The topological polar surface area (TPSA) is 51.2 Å². The van der Waals surface area contributed by atoms with E-state index in [9.17, 15) is 14.4 Å². The molecule has 1 radical (unpaired) electrons. The smallest absolute Gasteiger partial charge is 0.195 e. The zero-order chi connectivity index (χ0) is 8.73. The summed E-state index contributed by atoms with van der Waals surface area (Å²) in [6, 6.07) is 0. The molecular formula is C7H12CuO3. The van der Waals surface area contributed by atoms with Crippen LogP contribution in [0.5, 0.6) is 0 Å². The van der Waals surface area contributed by atoms with Crippen LogP contribution in [-0.2, 0) is 31.5 Å². The summed E-state index contributed by atoms with van der Waals surface area (Å²) in [6.45, 7) is 5.56. The largest absolute Gasteiger partial charge is 0.300 e. The quantitative estimate of drug-likeness (QED) is 0.471. The molecule has 0 saturated heterocycles. The number of hydrogen-bond acceptors (Lipinski definition) is 3. The van der Waals surface area contributed by atoms with Crippen LogP contribution in [0.15, 0.2) is 0 Å². The van der Waals surface area contributed by atoms with Crippen LogP contribution in [0.2, 0.25) is 0 Å². The molecule has 69 valence electrons. The molecular weight excluding hydrogens is 196 g/mol. The van der Waals surface area contributed by atoms with E-state index in [2.05, 4.69) is 0 Å². The minimum Gasteiger partial charge on any atom is -0.300 e. The molecule has 0 aliphatic heterocycles. The monoisotopic (exact) mass is 207 g/mol. The molecule has 3 nitrogen and oxygen atoms in total. The second-order valence-corrected chi connectivity index (χ2v) is 2.02. The molecule has 0 bridgehead atoms. The molecule has 0 aromatic rings. The molecule has 11 heavy (non-hydrogen) atoms. The van der Waals surface area contributed by atoms with E-state index >= 15 is 0 Å². The first-order chi connectivity index (χ1) is 4.37. The van der Waals surface area contributed by atoms with Crippen LogP contribution >= 0.6 is 0 Å². The van der Waals surface area contributed by atoms with Gasteiger partial charge in [0.1, 0.15) is 5.78 Å². The Morgan fingerprint density at radius 2 is 0.818 bits per heavy atom. The van der Waals surface area contributed by atoms with Crippen molar-refractivity contribution in [2.24, 2.45) is 0 Å². The maximum atomic E-state index is 9.79. The number of ketones is 3. The van der Waals surface area contributed by atoms with E-state index in [1.54, 1.807) is 0 Å². The Hall–Kier alpha value is -0.471. The maximum Gasteiger partial charge on any atom is 0.195 e. The Morgan fingerprint density at radius 1 is 0.727 bits per heavy atom. The average molecular weight is 208 g/mol. The zero-order valence-electron chi connectivity index (χ0n) is 7.03. The molecule has 0 amide bonds. The number of carbonyl (C=O) groups excluding carboxylic acids is 3. The average Bonchev–Trinajstić information content (AvgIpc) is 1.63. The van der Waals surface area contributed by atoms with Crippen LogP contribution in [-0.4, -0.2) is 17.3 Å². The van der Waals surface area contributed by atoms with E-state index < -0.39 is 0 Å². The van der Waals surface area contributed by atoms with Crippen LogP contribution in [0.1, 0.15) is 27.7 Å². The van der Waals surface area contributed by atoms with Crippen molar-refractivity contribution in [3.8, 4) is 0 Å². The summed E-state index contributed by atoms with van der Waals surface area (Å²) in [5.74, 6) is -0.593. The molecule has 4 heteroatoms. The van der Waals surface area contributed by atoms with Crippen LogP contribution in [0.3, 0.4) is 0 Å². The van der Waals surface area contributed by atoms with Gasteiger partial charge in [0, 0.05) is 30.9 Å². The normalized spacial score (nSPS) is 6.55. The molecule has 0 rings (SSSR count). The predicted octanol–water partition coefficient (Wildman–Crippen LogP) is 0.757. The first-order valence-corrected chi connectivity index (χ1v) is 2.86. The summed E-state index contributed by atoms with van der Waals surface area (Å²) in [5, 5.41) is 0. The van der Waals surface area contributed by atoms with Crippen LogP contribution in [0.25, 0.3) is 0 Å². The number of rotatable bonds is 1. The fourth-order valence-electron chi connectivity index (χ4n) is 0. The Bertz CT molecular complexity index is 136. The fraction of sp³-hybridized carbons (Fsp3) is 0.571. The van der Waals surface area contributed by atoms with Crippen molar-refractivity contribution in [3.05, 3.63) is 0 Å². The number of Topliss-reactive ketones (excluding diaryl/α,β-unsaturated/α-hetero) is 3. The van der Waals surface area contributed by atoms with Gasteiger partial charge in [-0.05, 0) is 13.8 Å². The van der Waals surface area contributed by atoms with Gasteiger partial charge in [-0.3, -0.25) is 9.59 Å². The van der Waals surface area contributed by atoms with Crippen molar-refractivity contribution in [1.82, 2.24) is 0 Å². The molecule has 0 atom stereocenters. The van der Waals surface area contributed by atoms with Crippen molar-refractivity contribution in [1.29, 1.82) is 0 Å². The summed E-state index contributed by atoms with van der Waals surface area (Å²) < 4.78 is 0. The Balaban J connectivity index is -0.000000114. The molecule has 0 N–H and O–H groups in total. The summed E-state index contributed by atoms with van der Waals surface area (Å²) in [5.41, 5.74) is 0. The van der Waals surface area contributed by atoms with Crippen LogP contribution in [0, 0.1) is 0 Å². The molecule has 0 saturated carbocycles. The summed E-state index contributed by atoms with van der Waals surface area (Å²) in [7, 11) is 0. The third kappa shape index (κ3) is 43.4. The fourth-order valence-corrected chi connectivity index (χ4v) is 0. The third-order valence-corrected chi connectivity index (χ3v) is 0.496. The second-order valence-electron chi connectivity index (χ2n) is 2.02. The van der Waals surface area contributed by atoms with Gasteiger partial charge in [0.25, 0.3) is 0 Å². The van der Waals surface area contributed by atoms with Crippen molar-refractivity contribution < 1.29 is 31.5 Å². The summed E-state index contributed by atoms with van der Waals surface area (Å²) in [6.07, 6.45) is 0. The SMILES string of the molecule is CC(=O)C(C)=O.CC(C)=O.[Cu]. The van der Waals surface area contributed by atoms with Gasteiger partial charge in [-0.25, -0.2) is 0 Å². The predicted molar refractivity (Wildman–Crippen MR) is 37.7 cm³/mol. The zero-order valence-corrected chi connectivity index (χ0v) is 7.97.